The standard InChI is InChI=1S/C17H28N4/c1-7-9-13-14(20-17(5,6)12-16(2,3)4)21-11-8-10-18-15(21)19-13/h8,10-11,20H,7,9,12H2,1-6H3. The summed E-state index contributed by atoms with van der Waals surface area (Å²) < 4.78 is 2.06. The maximum atomic E-state index is 4.67. The SMILES string of the molecule is CCCc1nc2ncccn2c1NC(C)(C)CC(C)(C)C. The first kappa shape index (κ1) is 15.8. The van der Waals surface area contributed by atoms with Gasteiger partial charge in [0.1, 0.15) is 5.82 Å². The summed E-state index contributed by atoms with van der Waals surface area (Å²) in [7, 11) is 0. The molecule has 0 saturated carbocycles. The van der Waals surface area contributed by atoms with Crippen molar-refractivity contribution in [2.24, 2.45) is 5.41 Å². The van der Waals surface area contributed by atoms with Crippen molar-refractivity contribution in [1.82, 2.24) is 14.4 Å². The van der Waals surface area contributed by atoms with Gasteiger partial charge in [-0.15, -0.1) is 0 Å². The molecule has 0 aliphatic carbocycles. The van der Waals surface area contributed by atoms with E-state index in [2.05, 4.69) is 61.2 Å². The van der Waals surface area contributed by atoms with Gasteiger partial charge in [-0.1, -0.05) is 34.1 Å². The average molecular weight is 288 g/mol. The molecule has 0 atom stereocenters. The largest absolute Gasteiger partial charge is 0.365 e. The summed E-state index contributed by atoms with van der Waals surface area (Å²) in [5.74, 6) is 1.87. The second-order valence-corrected chi connectivity index (χ2v) is 7.69. The molecule has 0 saturated heterocycles. The van der Waals surface area contributed by atoms with Crippen LogP contribution < -0.4 is 5.32 Å². The summed E-state index contributed by atoms with van der Waals surface area (Å²) in [6.45, 7) is 13.5. The average Bonchev–Trinajstić information content (AvgIpc) is 2.65. The molecule has 0 radical (unpaired) electrons. The van der Waals surface area contributed by atoms with E-state index >= 15 is 0 Å². The lowest BCUT2D eigenvalue weighted by atomic mass is 9.82. The van der Waals surface area contributed by atoms with Crippen LogP contribution >= 0.6 is 0 Å². The van der Waals surface area contributed by atoms with Crippen LogP contribution in [-0.4, -0.2) is 19.9 Å². The van der Waals surface area contributed by atoms with Gasteiger partial charge in [-0.3, -0.25) is 4.40 Å². The van der Waals surface area contributed by atoms with Crippen LogP contribution in [0.5, 0.6) is 0 Å². The molecule has 0 aromatic carbocycles. The van der Waals surface area contributed by atoms with Gasteiger partial charge in [-0.05, 0) is 38.2 Å². The first-order valence-corrected chi connectivity index (χ1v) is 7.82. The lowest BCUT2D eigenvalue weighted by Crippen LogP contribution is -2.36. The van der Waals surface area contributed by atoms with Crippen molar-refractivity contribution in [3.63, 3.8) is 0 Å². The molecule has 1 N–H and O–H groups in total. The Morgan fingerprint density at radius 1 is 1.19 bits per heavy atom. The van der Waals surface area contributed by atoms with Gasteiger partial charge in [0.2, 0.25) is 5.78 Å². The first-order chi connectivity index (χ1) is 9.72. The Labute approximate surface area is 128 Å². The summed E-state index contributed by atoms with van der Waals surface area (Å²) in [6, 6.07) is 1.95. The minimum atomic E-state index is 0.00649. The highest BCUT2D eigenvalue weighted by atomic mass is 15.2. The lowest BCUT2D eigenvalue weighted by molar-refractivity contribution is 0.301. The Bertz CT molecular complexity index is 605. The van der Waals surface area contributed by atoms with E-state index in [-0.39, 0.29) is 11.0 Å². The molecule has 2 aromatic heterocycles. The minimum absolute atomic E-state index is 0.00649. The lowest BCUT2D eigenvalue weighted by Gasteiger charge is -2.34. The van der Waals surface area contributed by atoms with E-state index in [0.717, 1.165) is 36.6 Å². The molecular formula is C17H28N4. The summed E-state index contributed by atoms with van der Waals surface area (Å²) in [6.07, 6.45) is 6.96. The smallest absolute Gasteiger partial charge is 0.235 e. The third-order valence-corrected chi connectivity index (χ3v) is 3.39. The third-order valence-electron chi connectivity index (χ3n) is 3.39. The van der Waals surface area contributed by atoms with Crippen molar-refractivity contribution in [3.8, 4) is 0 Å². The molecule has 2 heterocycles. The van der Waals surface area contributed by atoms with E-state index in [1.54, 1.807) is 6.20 Å². The van der Waals surface area contributed by atoms with Crippen molar-refractivity contribution < 1.29 is 0 Å². The van der Waals surface area contributed by atoms with Crippen LogP contribution in [0.3, 0.4) is 0 Å². The van der Waals surface area contributed by atoms with Crippen LogP contribution in [0, 0.1) is 5.41 Å². The zero-order valence-electron chi connectivity index (χ0n) is 14.2. The maximum Gasteiger partial charge on any atom is 0.235 e. The van der Waals surface area contributed by atoms with E-state index in [0.29, 0.717) is 0 Å². The van der Waals surface area contributed by atoms with E-state index in [1.807, 2.05) is 12.3 Å². The normalized spacial score (nSPS) is 12.9. The molecule has 0 aliphatic rings. The van der Waals surface area contributed by atoms with Gasteiger partial charge in [0.25, 0.3) is 0 Å². The molecule has 116 valence electrons. The first-order valence-electron chi connectivity index (χ1n) is 7.82. The van der Waals surface area contributed by atoms with Gasteiger partial charge in [0.15, 0.2) is 0 Å². The number of anilines is 1. The highest BCUT2D eigenvalue weighted by Crippen LogP contribution is 2.31. The summed E-state index contributed by atoms with van der Waals surface area (Å²) in [5.41, 5.74) is 1.39. The second kappa shape index (κ2) is 5.66. The molecule has 2 rings (SSSR count). The number of aromatic nitrogens is 3. The van der Waals surface area contributed by atoms with Gasteiger partial charge in [0, 0.05) is 17.9 Å². The fourth-order valence-electron chi connectivity index (χ4n) is 3.17. The van der Waals surface area contributed by atoms with E-state index in [4.69, 9.17) is 0 Å². The number of nitrogens with zero attached hydrogens (tertiary/aromatic N) is 3. The van der Waals surface area contributed by atoms with E-state index < -0.39 is 0 Å². The van der Waals surface area contributed by atoms with Gasteiger partial charge in [0.05, 0.1) is 5.69 Å². The Balaban J connectivity index is 2.38. The quantitative estimate of drug-likeness (QED) is 0.891. The molecule has 0 aliphatic heterocycles. The predicted molar refractivity (Wildman–Crippen MR) is 88.8 cm³/mol. The molecular weight excluding hydrogens is 260 g/mol. The fraction of sp³-hybridized carbons (Fsp3) is 0.647. The Kier molecular flexibility index (Phi) is 4.26. The Morgan fingerprint density at radius 3 is 2.52 bits per heavy atom. The number of imidazole rings is 1. The maximum absolute atomic E-state index is 4.67. The third kappa shape index (κ3) is 3.96. The van der Waals surface area contributed by atoms with E-state index in [9.17, 15) is 0 Å². The summed E-state index contributed by atoms with van der Waals surface area (Å²) in [5, 5.41) is 3.71. The van der Waals surface area contributed by atoms with Crippen LogP contribution in [0.15, 0.2) is 18.5 Å². The monoisotopic (exact) mass is 288 g/mol. The molecule has 0 amide bonds. The van der Waals surface area contributed by atoms with Crippen molar-refractivity contribution >= 4 is 11.6 Å². The number of rotatable bonds is 5. The van der Waals surface area contributed by atoms with Crippen LogP contribution in [0.25, 0.3) is 5.78 Å². The Hall–Kier alpha value is -1.58. The molecule has 0 unspecified atom stereocenters. The number of aryl methyl sites for hydroxylation is 1. The minimum Gasteiger partial charge on any atom is -0.365 e. The van der Waals surface area contributed by atoms with Crippen molar-refractivity contribution in [2.75, 3.05) is 5.32 Å². The van der Waals surface area contributed by atoms with Crippen molar-refractivity contribution in [1.29, 1.82) is 0 Å². The fourth-order valence-corrected chi connectivity index (χ4v) is 3.17. The van der Waals surface area contributed by atoms with Gasteiger partial charge in [-0.2, -0.15) is 0 Å². The predicted octanol–water partition coefficient (Wildman–Crippen LogP) is 4.31. The number of fused-ring (bicyclic) bond motifs is 1. The van der Waals surface area contributed by atoms with Crippen LogP contribution in [0.1, 0.15) is 60.1 Å². The number of hydrogen-bond acceptors (Lipinski definition) is 3. The van der Waals surface area contributed by atoms with Crippen LogP contribution in [-0.2, 0) is 6.42 Å². The zero-order valence-corrected chi connectivity index (χ0v) is 14.2. The van der Waals surface area contributed by atoms with E-state index in [1.165, 1.54) is 0 Å². The molecule has 2 aromatic rings. The second-order valence-electron chi connectivity index (χ2n) is 7.69. The molecule has 0 spiro atoms. The zero-order chi connectivity index (χ0) is 15.7. The molecule has 21 heavy (non-hydrogen) atoms. The van der Waals surface area contributed by atoms with Gasteiger partial charge in [-0.25, -0.2) is 9.97 Å². The Morgan fingerprint density at radius 2 is 1.90 bits per heavy atom. The number of hydrogen-bond donors (Lipinski definition) is 1. The topological polar surface area (TPSA) is 42.2 Å². The van der Waals surface area contributed by atoms with Crippen LogP contribution in [0.2, 0.25) is 0 Å². The summed E-state index contributed by atoms with van der Waals surface area (Å²) in [4.78, 5) is 9.03. The van der Waals surface area contributed by atoms with Crippen LogP contribution in [0.4, 0.5) is 5.82 Å². The summed E-state index contributed by atoms with van der Waals surface area (Å²) >= 11 is 0. The van der Waals surface area contributed by atoms with Crippen molar-refractivity contribution in [3.05, 3.63) is 24.2 Å². The van der Waals surface area contributed by atoms with Gasteiger partial charge < -0.3 is 5.32 Å². The molecule has 4 nitrogen and oxygen atoms in total. The molecule has 0 bridgehead atoms. The highest BCUT2D eigenvalue weighted by molar-refractivity contribution is 5.53. The number of nitrogens with one attached hydrogen (secondary N) is 1. The molecule has 0 fully saturated rings. The van der Waals surface area contributed by atoms with Gasteiger partial charge >= 0.3 is 0 Å². The van der Waals surface area contributed by atoms with Crippen molar-refractivity contribution in [2.45, 2.75) is 66.3 Å². The highest BCUT2D eigenvalue weighted by Gasteiger charge is 2.27. The molecule has 4 heteroatoms.